The summed E-state index contributed by atoms with van der Waals surface area (Å²) in [7, 11) is 1.71. The van der Waals surface area contributed by atoms with Crippen LogP contribution < -0.4 is 4.74 Å². The Kier molecular flexibility index (Phi) is 5.45. The third-order valence-corrected chi connectivity index (χ3v) is 4.14. The van der Waals surface area contributed by atoms with Crippen LogP contribution in [0.1, 0.15) is 11.3 Å². The summed E-state index contributed by atoms with van der Waals surface area (Å²) in [6, 6.07) is 10.0. The van der Waals surface area contributed by atoms with Gasteiger partial charge in [0.15, 0.2) is 0 Å². The molecule has 0 bridgehead atoms. The van der Waals surface area contributed by atoms with E-state index in [1.54, 1.807) is 13.4 Å². The molecule has 1 aliphatic heterocycles. The first-order chi connectivity index (χ1) is 11.3. The molecular weight excluding hydrogens is 290 g/mol. The average molecular weight is 313 g/mol. The monoisotopic (exact) mass is 313 g/mol. The highest BCUT2D eigenvalue weighted by Crippen LogP contribution is 2.18. The zero-order valence-corrected chi connectivity index (χ0v) is 13.5. The van der Waals surface area contributed by atoms with Crippen molar-refractivity contribution in [1.82, 2.24) is 15.0 Å². The van der Waals surface area contributed by atoms with Gasteiger partial charge < -0.3 is 9.26 Å². The smallest absolute Gasteiger partial charge is 0.126 e. The molecule has 0 spiro atoms. The third kappa shape index (κ3) is 4.43. The summed E-state index contributed by atoms with van der Waals surface area (Å²) in [5.74, 6) is 0.918. The summed E-state index contributed by atoms with van der Waals surface area (Å²) < 4.78 is 10.3. The largest absolute Gasteiger partial charge is 0.496 e. The molecule has 23 heavy (non-hydrogen) atoms. The lowest BCUT2D eigenvalue weighted by Gasteiger charge is -2.33. The quantitative estimate of drug-likeness (QED) is 0.820. The molecule has 5 nitrogen and oxygen atoms in total. The highest BCUT2D eigenvalue weighted by atomic mass is 16.5. The van der Waals surface area contributed by atoms with Gasteiger partial charge in [0.05, 0.1) is 12.8 Å². The van der Waals surface area contributed by atoms with Gasteiger partial charge in [0, 0.05) is 50.9 Å². The number of benzene rings is 1. The molecular formula is C18H23N3O2. The van der Waals surface area contributed by atoms with E-state index in [1.165, 1.54) is 0 Å². The fourth-order valence-electron chi connectivity index (χ4n) is 2.81. The van der Waals surface area contributed by atoms with Crippen LogP contribution in [0.15, 0.2) is 47.2 Å². The number of rotatable bonds is 6. The Morgan fingerprint density at radius 1 is 1.13 bits per heavy atom. The van der Waals surface area contributed by atoms with Crippen molar-refractivity contribution in [2.75, 3.05) is 39.8 Å². The van der Waals surface area contributed by atoms with Crippen LogP contribution in [0, 0.1) is 0 Å². The molecule has 1 fully saturated rings. The van der Waals surface area contributed by atoms with Gasteiger partial charge in [0.2, 0.25) is 0 Å². The van der Waals surface area contributed by atoms with Crippen LogP contribution in [0.25, 0.3) is 6.08 Å². The third-order valence-electron chi connectivity index (χ3n) is 4.14. The normalized spacial score (nSPS) is 16.9. The molecule has 0 atom stereocenters. The van der Waals surface area contributed by atoms with Gasteiger partial charge in [-0.3, -0.25) is 9.80 Å². The highest BCUT2D eigenvalue weighted by molar-refractivity contribution is 5.57. The molecule has 1 saturated heterocycles. The Labute approximate surface area is 137 Å². The van der Waals surface area contributed by atoms with E-state index >= 15 is 0 Å². The molecule has 0 saturated carbocycles. The van der Waals surface area contributed by atoms with Gasteiger partial charge in [-0.25, -0.2) is 0 Å². The van der Waals surface area contributed by atoms with E-state index < -0.39 is 0 Å². The van der Waals surface area contributed by atoms with Gasteiger partial charge in [0.1, 0.15) is 12.0 Å². The minimum Gasteiger partial charge on any atom is -0.496 e. The van der Waals surface area contributed by atoms with Crippen LogP contribution in [0.2, 0.25) is 0 Å². The number of methoxy groups -OCH3 is 1. The molecule has 0 aliphatic carbocycles. The Morgan fingerprint density at radius 3 is 2.65 bits per heavy atom. The average Bonchev–Trinajstić information content (AvgIpc) is 3.10. The lowest BCUT2D eigenvalue weighted by molar-refractivity contribution is 0.134. The molecule has 1 aromatic carbocycles. The molecule has 1 aromatic heterocycles. The maximum atomic E-state index is 5.37. The molecule has 0 radical (unpaired) electrons. The van der Waals surface area contributed by atoms with Crippen LogP contribution in [-0.4, -0.2) is 54.8 Å². The molecule has 2 aromatic rings. The molecule has 2 heterocycles. The van der Waals surface area contributed by atoms with Crippen molar-refractivity contribution in [3.8, 4) is 5.75 Å². The summed E-state index contributed by atoms with van der Waals surface area (Å²) >= 11 is 0. The fraction of sp³-hybridized carbons (Fsp3) is 0.389. The van der Waals surface area contributed by atoms with E-state index in [-0.39, 0.29) is 0 Å². The van der Waals surface area contributed by atoms with Crippen LogP contribution in [-0.2, 0) is 6.54 Å². The number of hydrogen-bond donors (Lipinski definition) is 0. The predicted molar refractivity (Wildman–Crippen MR) is 90.2 cm³/mol. The Balaban J connectivity index is 1.44. The van der Waals surface area contributed by atoms with E-state index in [1.807, 2.05) is 24.3 Å². The van der Waals surface area contributed by atoms with E-state index in [4.69, 9.17) is 9.26 Å². The van der Waals surface area contributed by atoms with Gasteiger partial charge in [0.25, 0.3) is 0 Å². The van der Waals surface area contributed by atoms with Crippen LogP contribution in [0.4, 0.5) is 0 Å². The van der Waals surface area contributed by atoms with Crippen molar-refractivity contribution in [2.45, 2.75) is 6.54 Å². The maximum absolute atomic E-state index is 5.37. The van der Waals surface area contributed by atoms with Gasteiger partial charge in [-0.1, -0.05) is 35.5 Å². The van der Waals surface area contributed by atoms with Crippen molar-refractivity contribution in [2.24, 2.45) is 0 Å². The van der Waals surface area contributed by atoms with Crippen LogP contribution in [0.3, 0.4) is 0 Å². The molecule has 1 aliphatic rings. The van der Waals surface area contributed by atoms with Crippen LogP contribution >= 0.6 is 0 Å². The summed E-state index contributed by atoms with van der Waals surface area (Å²) in [6.45, 7) is 6.13. The second-order valence-corrected chi connectivity index (χ2v) is 5.71. The van der Waals surface area contributed by atoms with E-state index in [0.717, 1.165) is 56.3 Å². The SMILES string of the molecule is COc1ccccc1C=CCN1CCN(Cc2ccon2)CC1. The second-order valence-electron chi connectivity index (χ2n) is 5.71. The minimum absolute atomic E-state index is 0.876. The van der Waals surface area contributed by atoms with Gasteiger partial charge in [-0.15, -0.1) is 0 Å². The topological polar surface area (TPSA) is 41.7 Å². The Bertz CT molecular complexity index is 617. The van der Waals surface area contributed by atoms with E-state index in [2.05, 4.69) is 33.2 Å². The minimum atomic E-state index is 0.876. The van der Waals surface area contributed by atoms with Gasteiger partial charge >= 0.3 is 0 Å². The number of aromatic nitrogens is 1. The summed E-state index contributed by atoms with van der Waals surface area (Å²) in [4.78, 5) is 4.88. The molecule has 122 valence electrons. The summed E-state index contributed by atoms with van der Waals surface area (Å²) in [5, 5.41) is 3.98. The predicted octanol–water partition coefficient (Wildman–Crippen LogP) is 2.51. The maximum Gasteiger partial charge on any atom is 0.126 e. The summed E-state index contributed by atoms with van der Waals surface area (Å²) in [5.41, 5.74) is 2.13. The van der Waals surface area contributed by atoms with Crippen molar-refractivity contribution >= 4 is 6.08 Å². The van der Waals surface area contributed by atoms with E-state index in [0.29, 0.717) is 0 Å². The fourth-order valence-corrected chi connectivity index (χ4v) is 2.81. The first-order valence-corrected chi connectivity index (χ1v) is 7.98. The molecule has 0 N–H and O–H groups in total. The standard InChI is InChI=1S/C18H23N3O2/c1-22-18-7-3-2-5-16(18)6-4-9-20-10-12-21(13-11-20)15-17-8-14-23-19-17/h2-8,14H,9-13,15H2,1H3. The zero-order chi connectivity index (χ0) is 15.9. The lowest BCUT2D eigenvalue weighted by Crippen LogP contribution is -2.45. The molecule has 0 amide bonds. The molecule has 3 rings (SSSR count). The molecule has 5 heteroatoms. The zero-order valence-electron chi connectivity index (χ0n) is 13.5. The number of piperazine rings is 1. The van der Waals surface area contributed by atoms with Crippen LogP contribution in [0.5, 0.6) is 5.75 Å². The van der Waals surface area contributed by atoms with E-state index in [9.17, 15) is 0 Å². The number of para-hydroxylation sites is 1. The lowest BCUT2D eigenvalue weighted by atomic mass is 10.2. The Morgan fingerprint density at radius 2 is 1.91 bits per heavy atom. The van der Waals surface area contributed by atoms with Crippen molar-refractivity contribution in [3.63, 3.8) is 0 Å². The number of nitrogens with zero attached hydrogens (tertiary/aromatic N) is 3. The van der Waals surface area contributed by atoms with Gasteiger partial charge in [-0.05, 0) is 6.07 Å². The number of ether oxygens (including phenoxy) is 1. The first-order valence-electron chi connectivity index (χ1n) is 7.98. The van der Waals surface area contributed by atoms with Crippen molar-refractivity contribution in [1.29, 1.82) is 0 Å². The van der Waals surface area contributed by atoms with Crippen molar-refractivity contribution in [3.05, 3.63) is 53.9 Å². The summed E-state index contributed by atoms with van der Waals surface area (Å²) in [6.07, 6.45) is 5.99. The Hall–Kier alpha value is -2.11. The first kappa shape index (κ1) is 15.8. The van der Waals surface area contributed by atoms with Crippen molar-refractivity contribution < 1.29 is 9.26 Å². The van der Waals surface area contributed by atoms with Gasteiger partial charge in [-0.2, -0.15) is 0 Å². The second kappa shape index (κ2) is 7.94. The highest BCUT2D eigenvalue weighted by Gasteiger charge is 2.16. The number of hydrogen-bond acceptors (Lipinski definition) is 5. The molecule has 0 unspecified atom stereocenters.